The van der Waals surface area contributed by atoms with Crippen LogP contribution < -0.4 is 4.74 Å². The standard InChI is InChI=1S/C18H27NO3/c1-3-22-17-12-16(20)18(17)8-10-19(11-9-18)13-14-4-6-15(21-2)7-5-14/h4-7,16-17,20H,3,8-13H2,1-2H3/t16-,17+/m1/s1. The first-order chi connectivity index (χ1) is 10.7. The van der Waals surface area contributed by atoms with Gasteiger partial charge < -0.3 is 14.6 Å². The molecule has 1 saturated heterocycles. The Morgan fingerprint density at radius 1 is 1.23 bits per heavy atom. The molecule has 1 heterocycles. The Labute approximate surface area is 133 Å². The van der Waals surface area contributed by atoms with Crippen LogP contribution in [0.3, 0.4) is 0 Å². The third-order valence-corrected chi connectivity index (χ3v) is 5.46. The number of hydrogen-bond acceptors (Lipinski definition) is 4. The number of aliphatic hydroxyl groups is 1. The molecule has 0 unspecified atom stereocenters. The number of rotatable bonds is 5. The van der Waals surface area contributed by atoms with Gasteiger partial charge in [-0.1, -0.05) is 12.1 Å². The Morgan fingerprint density at radius 2 is 1.91 bits per heavy atom. The van der Waals surface area contributed by atoms with Gasteiger partial charge in [0.1, 0.15) is 5.75 Å². The van der Waals surface area contributed by atoms with Crippen LogP contribution in [0.15, 0.2) is 24.3 Å². The van der Waals surface area contributed by atoms with Crippen molar-refractivity contribution in [2.24, 2.45) is 5.41 Å². The van der Waals surface area contributed by atoms with E-state index >= 15 is 0 Å². The van der Waals surface area contributed by atoms with Crippen molar-refractivity contribution in [2.45, 2.75) is 44.9 Å². The molecule has 0 aromatic heterocycles. The minimum Gasteiger partial charge on any atom is -0.497 e. The number of aliphatic hydroxyl groups excluding tert-OH is 1. The summed E-state index contributed by atoms with van der Waals surface area (Å²) in [6.07, 6.45) is 2.97. The maximum atomic E-state index is 10.2. The number of ether oxygens (including phenoxy) is 2. The van der Waals surface area contributed by atoms with E-state index in [1.54, 1.807) is 7.11 Å². The van der Waals surface area contributed by atoms with Gasteiger partial charge in [-0.15, -0.1) is 0 Å². The zero-order chi connectivity index (χ0) is 15.6. The zero-order valence-electron chi connectivity index (χ0n) is 13.6. The highest BCUT2D eigenvalue weighted by molar-refractivity contribution is 5.27. The number of methoxy groups -OCH3 is 1. The van der Waals surface area contributed by atoms with E-state index in [9.17, 15) is 5.11 Å². The first kappa shape index (κ1) is 15.8. The van der Waals surface area contributed by atoms with Gasteiger partial charge in [0.2, 0.25) is 0 Å². The second kappa shape index (κ2) is 6.57. The summed E-state index contributed by atoms with van der Waals surface area (Å²) in [5.41, 5.74) is 1.33. The lowest BCUT2D eigenvalue weighted by Crippen LogP contribution is -2.62. The molecule has 0 radical (unpaired) electrons. The molecule has 4 nitrogen and oxygen atoms in total. The largest absolute Gasteiger partial charge is 0.497 e. The number of hydrogen-bond donors (Lipinski definition) is 1. The fourth-order valence-corrected chi connectivity index (χ4v) is 3.93. The van der Waals surface area contributed by atoms with Crippen LogP contribution in [0.4, 0.5) is 0 Å². The predicted octanol–water partition coefficient (Wildman–Crippen LogP) is 2.45. The molecule has 1 aromatic carbocycles. The normalized spacial score (nSPS) is 27.6. The van der Waals surface area contributed by atoms with Gasteiger partial charge >= 0.3 is 0 Å². The van der Waals surface area contributed by atoms with Gasteiger partial charge in [-0.2, -0.15) is 0 Å². The molecule has 122 valence electrons. The quantitative estimate of drug-likeness (QED) is 0.907. The first-order valence-electron chi connectivity index (χ1n) is 8.33. The topological polar surface area (TPSA) is 41.9 Å². The fourth-order valence-electron chi connectivity index (χ4n) is 3.93. The van der Waals surface area contributed by atoms with E-state index in [-0.39, 0.29) is 17.6 Å². The van der Waals surface area contributed by atoms with Crippen LogP contribution in [0.5, 0.6) is 5.75 Å². The first-order valence-corrected chi connectivity index (χ1v) is 8.33. The molecule has 2 atom stereocenters. The summed E-state index contributed by atoms with van der Waals surface area (Å²) in [4.78, 5) is 2.47. The average Bonchev–Trinajstić information content (AvgIpc) is 2.56. The van der Waals surface area contributed by atoms with Crippen molar-refractivity contribution in [3.8, 4) is 5.75 Å². The number of piperidine rings is 1. The number of nitrogens with zero attached hydrogens (tertiary/aromatic N) is 1. The van der Waals surface area contributed by atoms with Crippen molar-refractivity contribution in [1.29, 1.82) is 0 Å². The summed E-state index contributed by atoms with van der Waals surface area (Å²) in [6.45, 7) is 5.82. The minimum atomic E-state index is -0.174. The van der Waals surface area contributed by atoms with Crippen molar-refractivity contribution in [3.05, 3.63) is 29.8 Å². The Balaban J connectivity index is 1.55. The molecule has 3 rings (SSSR count). The van der Waals surface area contributed by atoms with Crippen LogP contribution in [0.1, 0.15) is 31.7 Å². The van der Waals surface area contributed by atoms with Gasteiger partial charge in [0.15, 0.2) is 0 Å². The third kappa shape index (κ3) is 2.87. The lowest BCUT2D eigenvalue weighted by molar-refractivity contribution is -0.209. The molecule has 1 saturated carbocycles. The molecule has 2 fully saturated rings. The van der Waals surface area contributed by atoms with Crippen LogP contribution in [0.25, 0.3) is 0 Å². The monoisotopic (exact) mass is 305 g/mol. The molecule has 4 heteroatoms. The van der Waals surface area contributed by atoms with E-state index in [0.717, 1.165) is 51.3 Å². The molecular weight excluding hydrogens is 278 g/mol. The van der Waals surface area contributed by atoms with E-state index in [0.29, 0.717) is 0 Å². The molecule has 22 heavy (non-hydrogen) atoms. The second-order valence-electron chi connectivity index (χ2n) is 6.55. The second-order valence-corrected chi connectivity index (χ2v) is 6.55. The van der Waals surface area contributed by atoms with E-state index in [1.807, 2.05) is 19.1 Å². The van der Waals surface area contributed by atoms with Gasteiger partial charge in [0, 0.05) is 25.0 Å². The van der Waals surface area contributed by atoms with Crippen LogP contribution in [-0.4, -0.2) is 49.0 Å². The van der Waals surface area contributed by atoms with Crippen LogP contribution in [0.2, 0.25) is 0 Å². The van der Waals surface area contributed by atoms with Crippen molar-refractivity contribution in [3.63, 3.8) is 0 Å². The highest BCUT2D eigenvalue weighted by atomic mass is 16.5. The van der Waals surface area contributed by atoms with Crippen molar-refractivity contribution in [2.75, 3.05) is 26.8 Å². The maximum absolute atomic E-state index is 10.2. The molecule has 0 amide bonds. The molecule has 0 bridgehead atoms. The van der Waals surface area contributed by atoms with Crippen LogP contribution in [0, 0.1) is 5.41 Å². The number of benzene rings is 1. The van der Waals surface area contributed by atoms with E-state index in [4.69, 9.17) is 9.47 Å². The molecule has 1 N–H and O–H groups in total. The Kier molecular flexibility index (Phi) is 4.71. The van der Waals surface area contributed by atoms with Gasteiger partial charge in [0.05, 0.1) is 19.3 Å². The minimum absolute atomic E-state index is 0.0203. The smallest absolute Gasteiger partial charge is 0.118 e. The molecule has 1 aliphatic carbocycles. The van der Waals surface area contributed by atoms with Crippen LogP contribution in [-0.2, 0) is 11.3 Å². The van der Waals surface area contributed by atoms with Crippen molar-refractivity contribution >= 4 is 0 Å². The Bertz CT molecular complexity index is 478. The highest BCUT2D eigenvalue weighted by Gasteiger charge is 2.55. The number of likely N-dealkylation sites (tertiary alicyclic amines) is 1. The van der Waals surface area contributed by atoms with Crippen molar-refractivity contribution in [1.82, 2.24) is 4.90 Å². The maximum Gasteiger partial charge on any atom is 0.118 e. The van der Waals surface area contributed by atoms with E-state index in [2.05, 4.69) is 17.0 Å². The Hall–Kier alpha value is -1.10. The summed E-state index contributed by atoms with van der Waals surface area (Å²) in [7, 11) is 1.69. The molecule has 2 aliphatic rings. The summed E-state index contributed by atoms with van der Waals surface area (Å²) >= 11 is 0. The third-order valence-electron chi connectivity index (χ3n) is 5.46. The molecule has 1 aliphatic heterocycles. The van der Waals surface area contributed by atoms with Gasteiger partial charge in [-0.05, 0) is 50.6 Å². The summed E-state index contributed by atoms with van der Waals surface area (Å²) < 4.78 is 11.0. The van der Waals surface area contributed by atoms with Gasteiger partial charge in [-0.25, -0.2) is 0 Å². The highest BCUT2D eigenvalue weighted by Crippen LogP contribution is 2.51. The summed E-state index contributed by atoms with van der Waals surface area (Å²) in [5, 5.41) is 10.2. The molecule has 1 spiro atoms. The van der Waals surface area contributed by atoms with Gasteiger partial charge in [-0.3, -0.25) is 4.90 Å². The lowest BCUT2D eigenvalue weighted by atomic mass is 9.58. The Morgan fingerprint density at radius 3 is 2.45 bits per heavy atom. The van der Waals surface area contributed by atoms with Crippen LogP contribution >= 0.6 is 0 Å². The molecular formula is C18H27NO3. The predicted molar refractivity (Wildman–Crippen MR) is 86.0 cm³/mol. The van der Waals surface area contributed by atoms with E-state index < -0.39 is 0 Å². The lowest BCUT2D eigenvalue weighted by Gasteiger charge is -2.56. The molecule has 1 aromatic rings. The average molecular weight is 305 g/mol. The van der Waals surface area contributed by atoms with Gasteiger partial charge in [0.25, 0.3) is 0 Å². The zero-order valence-corrected chi connectivity index (χ0v) is 13.6. The fraction of sp³-hybridized carbons (Fsp3) is 0.667. The SMILES string of the molecule is CCO[C@H]1C[C@@H](O)C12CCN(Cc1ccc(OC)cc1)CC2. The summed E-state index contributed by atoms with van der Waals surface area (Å²) in [6, 6.07) is 8.29. The summed E-state index contributed by atoms with van der Waals surface area (Å²) in [5.74, 6) is 0.901. The van der Waals surface area contributed by atoms with E-state index in [1.165, 1.54) is 5.56 Å². The van der Waals surface area contributed by atoms with Crippen molar-refractivity contribution < 1.29 is 14.6 Å².